The maximum atomic E-state index is 12.3. The van der Waals surface area contributed by atoms with E-state index >= 15 is 0 Å². The number of para-hydroxylation sites is 1. The second-order valence-corrected chi connectivity index (χ2v) is 6.99. The van der Waals surface area contributed by atoms with E-state index in [1.165, 1.54) is 12.0 Å². The molecule has 7 nitrogen and oxygen atoms in total. The Morgan fingerprint density at radius 1 is 1.23 bits per heavy atom. The molecule has 2 aromatic rings. The number of hydrogen-bond donors (Lipinski definition) is 2. The summed E-state index contributed by atoms with van der Waals surface area (Å²) in [6.07, 6.45) is 1.70. The first kappa shape index (κ1) is 21.3. The average molecular weight is 426 g/mol. The van der Waals surface area contributed by atoms with Gasteiger partial charge in [-0.2, -0.15) is 0 Å². The second-order valence-electron chi connectivity index (χ2n) is 6.60. The molecule has 0 unspecified atom stereocenters. The van der Waals surface area contributed by atoms with Crippen molar-refractivity contribution < 1.29 is 19.1 Å². The normalized spacial score (nSPS) is 14.6. The molecule has 3 rings (SSSR count). The molecule has 2 N–H and O–H groups in total. The molecule has 0 atom stereocenters. The third-order valence-electron chi connectivity index (χ3n) is 4.56. The van der Waals surface area contributed by atoms with Gasteiger partial charge in [-0.25, -0.2) is 0 Å². The van der Waals surface area contributed by atoms with Crippen molar-refractivity contribution in [1.82, 2.24) is 10.2 Å². The molecule has 0 radical (unpaired) electrons. The van der Waals surface area contributed by atoms with Crippen LogP contribution < -0.4 is 20.1 Å². The van der Waals surface area contributed by atoms with E-state index in [1.807, 2.05) is 38.1 Å². The van der Waals surface area contributed by atoms with E-state index in [9.17, 15) is 9.59 Å². The number of carbonyl (C=O) groups excluding carboxylic acids is 2. The number of rotatable bonds is 7. The second kappa shape index (κ2) is 9.41. The zero-order valence-corrected chi connectivity index (χ0v) is 17.8. The highest BCUT2D eigenvalue weighted by atomic mass is 32.1. The van der Waals surface area contributed by atoms with Crippen molar-refractivity contribution in [3.05, 3.63) is 59.3 Å². The minimum absolute atomic E-state index is 0.162. The molecule has 1 fully saturated rings. The van der Waals surface area contributed by atoms with Gasteiger partial charge in [-0.3, -0.25) is 14.5 Å². The zero-order chi connectivity index (χ0) is 21.7. The van der Waals surface area contributed by atoms with Crippen molar-refractivity contribution >= 4 is 40.9 Å². The summed E-state index contributed by atoms with van der Waals surface area (Å²) in [6.45, 7) is 4.12. The number of nitrogens with one attached hydrogen (secondary N) is 2. The molecule has 156 valence electrons. The predicted molar refractivity (Wildman–Crippen MR) is 119 cm³/mol. The van der Waals surface area contributed by atoms with E-state index in [2.05, 4.69) is 10.6 Å². The summed E-state index contributed by atoms with van der Waals surface area (Å²) in [6, 6.07) is 12.7. The first-order chi connectivity index (χ1) is 14.4. The molecule has 0 aromatic heterocycles. The first-order valence-corrected chi connectivity index (χ1v) is 9.84. The molecule has 30 heavy (non-hydrogen) atoms. The van der Waals surface area contributed by atoms with E-state index in [-0.39, 0.29) is 18.4 Å². The maximum absolute atomic E-state index is 12.3. The number of amides is 2. The number of aryl methyl sites for hydroxylation is 1. The van der Waals surface area contributed by atoms with Gasteiger partial charge in [0.25, 0.3) is 11.8 Å². The van der Waals surface area contributed by atoms with Crippen molar-refractivity contribution in [2.45, 2.75) is 13.8 Å². The number of methoxy groups -OCH3 is 1. The summed E-state index contributed by atoms with van der Waals surface area (Å²) in [5.74, 6) is 0.436. The van der Waals surface area contributed by atoms with Gasteiger partial charge >= 0.3 is 0 Å². The summed E-state index contributed by atoms with van der Waals surface area (Å²) in [7, 11) is 1.51. The molecule has 8 heteroatoms. The summed E-state index contributed by atoms with van der Waals surface area (Å²) >= 11 is 5.16. The van der Waals surface area contributed by atoms with Gasteiger partial charge in [-0.1, -0.05) is 24.3 Å². The van der Waals surface area contributed by atoms with E-state index < -0.39 is 0 Å². The number of nitrogens with zero attached hydrogens (tertiary/aromatic N) is 1. The predicted octanol–water partition coefficient (Wildman–Crippen LogP) is 3.10. The molecule has 1 saturated heterocycles. The Hall–Kier alpha value is -3.39. The van der Waals surface area contributed by atoms with Gasteiger partial charge in [0.1, 0.15) is 5.70 Å². The van der Waals surface area contributed by atoms with E-state index in [0.29, 0.717) is 28.9 Å². The van der Waals surface area contributed by atoms with E-state index in [4.69, 9.17) is 21.7 Å². The van der Waals surface area contributed by atoms with Crippen molar-refractivity contribution in [3.63, 3.8) is 0 Å². The van der Waals surface area contributed by atoms with Crippen LogP contribution in [0.3, 0.4) is 0 Å². The van der Waals surface area contributed by atoms with Gasteiger partial charge in [0.2, 0.25) is 0 Å². The minimum atomic E-state index is -0.272. The quantitative estimate of drug-likeness (QED) is 0.524. The van der Waals surface area contributed by atoms with Crippen molar-refractivity contribution in [3.8, 4) is 11.5 Å². The van der Waals surface area contributed by atoms with Crippen LogP contribution in [-0.2, 0) is 9.59 Å². The zero-order valence-electron chi connectivity index (χ0n) is 17.0. The number of anilines is 1. The highest BCUT2D eigenvalue weighted by Gasteiger charge is 2.29. The Labute approximate surface area is 180 Å². The average Bonchev–Trinajstić information content (AvgIpc) is 3.00. The molecule has 1 heterocycles. The summed E-state index contributed by atoms with van der Waals surface area (Å²) in [5, 5.41) is 6.13. The molecular formula is C22H23N3O4S. The molecule has 2 amide bonds. The lowest BCUT2D eigenvalue weighted by molar-refractivity contribution is -0.122. The monoisotopic (exact) mass is 425 g/mol. The van der Waals surface area contributed by atoms with Gasteiger partial charge in [0, 0.05) is 12.2 Å². The molecule has 1 aliphatic heterocycles. The Balaban J connectivity index is 1.68. The van der Waals surface area contributed by atoms with Crippen LogP contribution >= 0.6 is 12.2 Å². The SMILES string of the molecule is CCN1C(=O)/C(=C\c2ccc(OCC(=O)Nc3ccccc3C)c(OC)c2)NC1=S. The lowest BCUT2D eigenvalue weighted by Crippen LogP contribution is -2.30. The number of hydrogen-bond acceptors (Lipinski definition) is 5. The van der Waals surface area contributed by atoms with Crippen LogP contribution in [0.25, 0.3) is 6.08 Å². The third kappa shape index (κ3) is 4.77. The van der Waals surface area contributed by atoms with Crippen molar-refractivity contribution in [2.24, 2.45) is 0 Å². The van der Waals surface area contributed by atoms with E-state index in [1.54, 1.807) is 24.3 Å². The molecule has 2 aromatic carbocycles. The molecular weight excluding hydrogens is 402 g/mol. The van der Waals surface area contributed by atoms with Gasteiger partial charge < -0.3 is 20.1 Å². The van der Waals surface area contributed by atoms with E-state index in [0.717, 1.165) is 16.8 Å². The van der Waals surface area contributed by atoms with Crippen LogP contribution in [0.1, 0.15) is 18.1 Å². The standard InChI is InChI=1S/C22H23N3O4S/c1-4-25-21(27)17(24-22(25)30)11-15-9-10-18(19(12-15)28-3)29-13-20(26)23-16-8-6-5-7-14(16)2/h5-12H,4,13H2,1-3H3,(H,23,26)(H,24,30)/b17-11+. The molecule has 0 bridgehead atoms. The highest BCUT2D eigenvalue weighted by molar-refractivity contribution is 7.80. The first-order valence-electron chi connectivity index (χ1n) is 9.43. The van der Waals surface area contributed by atoms with Crippen LogP contribution in [0.5, 0.6) is 11.5 Å². The number of likely N-dealkylation sites (N-methyl/N-ethyl adjacent to an activating group) is 1. The third-order valence-corrected chi connectivity index (χ3v) is 4.88. The Morgan fingerprint density at radius 3 is 2.67 bits per heavy atom. The number of thiocarbonyl (C=S) groups is 1. The fourth-order valence-corrected chi connectivity index (χ4v) is 3.28. The van der Waals surface area contributed by atoms with Crippen LogP contribution in [0.15, 0.2) is 48.2 Å². The molecule has 0 saturated carbocycles. The Kier molecular flexibility index (Phi) is 6.68. The summed E-state index contributed by atoms with van der Waals surface area (Å²) < 4.78 is 11.0. The lowest BCUT2D eigenvalue weighted by Gasteiger charge is -2.12. The van der Waals surface area contributed by atoms with Crippen LogP contribution in [-0.4, -0.2) is 42.1 Å². The fraction of sp³-hybridized carbons (Fsp3) is 0.227. The highest BCUT2D eigenvalue weighted by Crippen LogP contribution is 2.29. The topological polar surface area (TPSA) is 79.9 Å². The van der Waals surface area contributed by atoms with Gasteiger partial charge in [-0.15, -0.1) is 0 Å². The van der Waals surface area contributed by atoms with Crippen molar-refractivity contribution in [1.29, 1.82) is 0 Å². The lowest BCUT2D eigenvalue weighted by atomic mass is 10.1. The molecule has 0 aliphatic carbocycles. The summed E-state index contributed by atoms with van der Waals surface area (Å²) in [4.78, 5) is 26.0. The van der Waals surface area contributed by atoms with Crippen molar-refractivity contribution in [2.75, 3.05) is 25.6 Å². The molecule has 0 spiro atoms. The van der Waals surface area contributed by atoms with Gasteiger partial charge in [-0.05, 0) is 61.5 Å². The number of carbonyl (C=O) groups is 2. The molecule has 1 aliphatic rings. The van der Waals surface area contributed by atoms with Crippen LogP contribution in [0.4, 0.5) is 5.69 Å². The van der Waals surface area contributed by atoms with Gasteiger partial charge in [0.05, 0.1) is 7.11 Å². The Bertz CT molecular complexity index is 1020. The Morgan fingerprint density at radius 2 is 2.00 bits per heavy atom. The van der Waals surface area contributed by atoms with Crippen LogP contribution in [0.2, 0.25) is 0 Å². The van der Waals surface area contributed by atoms with Gasteiger partial charge in [0.15, 0.2) is 23.2 Å². The van der Waals surface area contributed by atoms with Crippen LogP contribution in [0, 0.1) is 6.92 Å². The number of ether oxygens (including phenoxy) is 2. The largest absolute Gasteiger partial charge is 0.493 e. The summed E-state index contributed by atoms with van der Waals surface area (Å²) in [5.41, 5.74) is 2.85. The smallest absolute Gasteiger partial charge is 0.276 e. The number of benzene rings is 2. The minimum Gasteiger partial charge on any atom is -0.493 e. The fourth-order valence-electron chi connectivity index (χ4n) is 2.96. The maximum Gasteiger partial charge on any atom is 0.276 e.